The van der Waals surface area contributed by atoms with E-state index in [1.54, 1.807) is 31.3 Å². The van der Waals surface area contributed by atoms with Crippen molar-refractivity contribution in [2.24, 2.45) is 0 Å². The molecule has 0 aliphatic heterocycles. The molecule has 34 heavy (non-hydrogen) atoms. The maximum atomic E-state index is 13.5. The summed E-state index contributed by atoms with van der Waals surface area (Å²) in [7, 11) is 0. The van der Waals surface area contributed by atoms with E-state index < -0.39 is 5.54 Å². The van der Waals surface area contributed by atoms with E-state index in [0.717, 1.165) is 25.7 Å². The number of hydrogen-bond donors (Lipinski definition) is 1. The van der Waals surface area contributed by atoms with Crippen LogP contribution in [0.25, 0.3) is 22.5 Å². The van der Waals surface area contributed by atoms with Crippen molar-refractivity contribution in [3.63, 3.8) is 0 Å². The van der Waals surface area contributed by atoms with E-state index in [1.807, 2.05) is 0 Å². The quantitative estimate of drug-likeness (QED) is 0.392. The Morgan fingerprint density at radius 3 is 2.59 bits per heavy atom. The average Bonchev–Trinajstić information content (AvgIpc) is 3.26. The van der Waals surface area contributed by atoms with Crippen LogP contribution in [0.3, 0.4) is 0 Å². The summed E-state index contributed by atoms with van der Waals surface area (Å²) in [6, 6.07) is 7.76. The molecule has 6 nitrogen and oxygen atoms in total. The minimum absolute atomic E-state index is 0.0880. The lowest BCUT2D eigenvalue weighted by Gasteiger charge is -2.30. The molecule has 2 heterocycles. The molecule has 178 valence electrons. The average molecular weight is 503 g/mol. The largest absolute Gasteiger partial charge is 0.474 e. The van der Waals surface area contributed by atoms with Gasteiger partial charge in [-0.15, -0.1) is 11.6 Å². The number of hydrogen-bond acceptors (Lipinski definition) is 5. The van der Waals surface area contributed by atoms with Crippen molar-refractivity contribution in [2.45, 2.75) is 49.9 Å². The van der Waals surface area contributed by atoms with Crippen molar-refractivity contribution in [1.29, 1.82) is 0 Å². The second kappa shape index (κ2) is 10.7. The van der Waals surface area contributed by atoms with Gasteiger partial charge < -0.3 is 10.1 Å². The van der Waals surface area contributed by atoms with E-state index in [1.165, 1.54) is 24.5 Å². The first-order valence-electron chi connectivity index (χ1n) is 11.2. The number of ether oxygens (including phenoxy) is 1. The molecule has 1 atom stereocenters. The fourth-order valence-electron chi connectivity index (χ4n) is 4.19. The molecule has 1 aliphatic rings. The molecule has 4 rings (SSSR count). The summed E-state index contributed by atoms with van der Waals surface area (Å²) in [5.74, 6) is -0.123. The summed E-state index contributed by atoms with van der Waals surface area (Å²) in [4.78, 5) is 25.7. The maximum absolute atomic E-state index is 13.5. The number of alkyl halides is 1. The topological polar surface area (TPSA) is 77.0 Å². The van der Waals surface area contributed by atoms with Crippen molar-refractivity contribution >= 4 is 29.1 Å². The molecular weight excluding hydrogens is 478 g/mol. The van der Waals surface area contributed by atoms with Crippen molar-refractivity contribution < 1.29 is 13.9 Å². The predicted molar refractivity (Wildman–Crippen MR) is 130 cm³/mol. The van der Waals surface area contributed by atoms with Crippen molar-refractivity contribution in [3.05, 3.63) is 59.8 Å². The summed E-state index contributed by atoms with van der Waals surface area (Å²) in [6.45, 7) is 2.06. The predicted octanol–water partition coefficient (Wildman–Crippen LogP) is 5.82. The van der Waals surface area contributed by atoms with Gasteiger partial charge in [-0.1, -0.05) is 24.4 Å². The number of carbonyl (C=O) groups excluding carboxylic acids is 1. The normalized spacial score (nSPS) is 15.6. The highest BCUT2D eigenvalue weighted by Crippen LogP contribution is 2.35. The maximum Gasteiger partial charge on any atom is 0.233 e. The summed E-state index contributed by atoms with van der Waals surface area (Å²) in [5, 5.41) is 3.30. The van der Waals surface area contributed by atoms with Gasteiger partial charge in [0, 0.05) is 35.3 Å². The Bertz CT molecular complexity index is 1150. The number of nitrogens with one attached hydrogen (secondary N) is 1. The summed E-state index contributed by atoms with van der Waals surface area (Å²) >= 11 is 12.4. The molecule has 3 aromatic rings. The number of pyridine rings is 1. The lowest BCUT2D eigenvalue weighted by molar-refractivity contribution is -0.123. The third-order valence-electron chi connectivity index (χ3n) is 5.82. The van der Waals surface area contributed by atoms with E-state index in [-0.39, 0.29) is 30.1 Å². The molecule has 0 saturated heterocycles. The van der Waals surface area contributed by atoms with Crippen LogP contribution >= 0.6 is 23.2 Å². The van der Waals surface area contributed by atoms with Crippen LogP contribution in [0.1, 0.15) is 39.0 Å². The molecule has 0 spiro atoms. The van der Waals surface area contributed by atoms with E-state index in [9.17, 15) is 9.18 Å². The van der Waals surface area contributed by atoms with Gasteiger partial charge in [0.25, 0.3) is 0 Å². The molecule has 1 fully saturated rings. The molecule has 1 saturated carbocycles. The number of aromatic nitrogens is 3. The van der Waals surface area contributed by atoms with Crippen LogP contribution in [0.5, 0.6) is 5.88 Å². The lowest BCUT2D eigenvalue weighted by atomic mass is 9.98. The van der Waals surface area contributed by atoms with Gasteiger partial charge in [0.05, 0.1) is 22.5 Å². The minimum atomic E-state index is -0.464. The van der Waals surface area contributed by atoms with E-state index >= 15 is 0 Å². The molecule has 9 heteroatoms. The Morgan fingerprint density at radius 2 is 1.91 bits per heavy atom. The van der Waals surface area contributed by atoms with Crippen molar-refractivity contribution in [3.8, 4) is 28.4 Å². The summed E-state index contributed by atoms with van der Waals surface area (Å²) < 4.78 is 19.5. The van der Waals surface area contributed by atoms with Gasteiger partial charge in [0.2, 0.25) is 11.8 Å². The number of halogens is 3. The smallest absolute Gasteiger partial charge is 0.233 e. The zero-order valence-corrected chi connectivity index (χ0v) is 20.2. The van der Waals surface area contributed by atoms with E-state index in [2.05, 4.69) is 15.3 Å². The van der Waals surface area contributed by atoms with Gasteiger partial charge in [0.1, 0.15) is 18.1 Å². The molecule has 1 N–H and O–H groups in total. The molecule has 0 radical (unpaired) electrons. The van der Waals surface area contributed by atoms with Gasteiger partial charge in [-0.2, -0.15) is 0 Å². The van der Waals surface area contributed by atoms with Crippen molar-refractivity contribution in [2.75, 3.05) is 6.61 Å². The fourth-order valence-corrected chi connectivity index (χ4v) is 4.54. The van der Waals surface area contributed by atoms with Gasteiger partial charge in [0.15, 0.2) is 0 Å². The number of amides is 1. The number of nitrogens with zero attached hydrogens (tertiary/aromatic N) is 3. The van der Waals surface area contributed by atoms with Crippen LogP contribution in [0.15, 0.2) is 48.9 Å². The highest BCUT2D eigenvalue weighted by Gasteiger charge is 2.36. The summed E-state index contributed by atoms with van der Waals surface area (Å²) in [5.41, 5.74) is 1.90. The standard InChI is InChI=1S/C25H25Cl2FN4O2/c1-16(26)12-21(33)32-25(9-2-3-10-25)15-34-22-14-30-23(17-4-6-18(28)7-5-17)24(31-22)19-8-11-29-13-20(19)27/h4-8,11,13-14,16H,2-3,9-10,12,15H2,1H3,(H,32,33). The monoisotopic (exact) mass is 502 g/mol. The van der Waals surface area contributed by atoms with Crippen LogP contribution < -0.4 is 10.1 Å². The molecule has 1 aromatic carbocycles. The van der Waals surface area contributed by atoms with Gasteiger partial charge >= 0.3 is 0 Å². The molecule has 1 aliphatic carbocycles. The first-order chi connectivity index (χ1) is 16.3. The van der Waals surface area contributed by atoms with Crippen LogP contribution in [0, 0.1) is 5.82 Å². The number of carbonyl (C=O) groups is 1. The Kier molecular flexibility index (Phi) is 7.63. The molecule has 2 aromatic heterocycles. The zero-order chi connectivity index (χ0) is 24.1. The molecule has 1 unspecified atom stereocenters. The number of rotatable bonds is 8. The van der Waals surface area contributed by atoms with Gasteiger partial charge in [-0.25, -0.2) is 14.4 Å². The third kappa shape index (κ3) is 5.83. The zero-order valence-electron chi connectivity index (χ0n) is 18.7. The fraction of sp³-hybridized carbons (Fsp3) is 0.360. The van der Waals surface area contributed by atoms with Crippen molar-refractivity contribution in [1.82, 2.24) is 20.3 Å². The third-order valence-corrected chi connectivity index (χ3v) is 6.28. The minimum Gasteiger partial charge on any atom is -0.474 e. The van der Waals surface area contributed by atoms with Gasteiger partial charge in [-0.3, -0.25) is 9.78 Å². The van der Waals surface area contributed by atoms with E-state index in [0.29, 0.717) is 33.4 Å². The first-order valence-corrected chi connectivity index (χ1v) is 12.0. The Morgan fingerprint density at radius 1 is 1.18 bits per heavy atom. The highest BCUT2D eigenvalue weighted by atomic mass is 35.5. The van der Waals surface area contributed by atoms with Gasteiger partial charge in [-0.05, 0) is 50.1 Å². The lowest BCUT2D eigenvalue weighted by Crippen LogP contribution is -2.51. The Balaban J connectivity index is 1.62. The second-order valence-electron chi connectivity index (χ2n) is 8.58. The highest BCUT2D eigenvalue weighted by molar-refractivity contribution is 6.33. The van der Waals surface area contributed by atoms with Crippen LogP contribution in [-0.2, 0) is 4.79 Å². The molecule has 0 bridgehead atoms. The first kappa shape index (κ1) is 24.4. The Labute approximate surface area is 207 Å². The molecular formula is C25H25Cl2FN4O2. The Hall–Kier alpha value is -2.77. The van der Waals surface area contributed by atoms with Crippen LogP contribution in [-0.4, -0.2) is 38.4 Å². The SMILES string of the molecule is CC(Cl)CC(=O)NC1(COc2cnc(-c3ccc(F)cc3)c(-c3ccncc3Cl)n2)CCCC1. The number of benzene rings is 1. The summed E-state index contributed by atoms with van der Waals surface area (Å²) in [6.07, 6.45) is 8.58. The van der Waals surface area contributed by atoms with Crippen LogP contribution in [0.2, 0.25) is 5.02 Å². The second-order valence-corrected chi connectivity index (χ2v) is 9.73. The van der Waals surface area contributed by atoms with Crippen LogP contribution in [0.4, 0.5) is 4.39 Å². The molecule has 1 amide bonds. The van der Waals surface area contributed by atoms with E-state index in [4.69, 9.17) is 32.9 Å².